The highest BCUT2D eigenvalue weighted by molar-refractivity contribution is 7.18. The molecule has 1 aromatic carbocycles. The van der Waals surface area contributed by atoms with E-state index in [1.807, 2.05) is 6.92 Å². The molecule has 1 aliphatic rings. The summed E-state index contributed by atoms with van der Waals surface area (Å²) >= 11 is 13.5. The van der Waals surface area contributed by atoms with Crippen LogP contribution in [0, 0.1) is 5.82 Å². The van der Waals surface area contributed by atoms with E-state index in [2.05, 4.69) is 15.3 Å². The van der Waals surface area contributed by atoms with Crippen LogP contribution in [0.2, 0.25) is 10.0 Å². The van der Waals surface area contributed by atoms with E-state index in [0.29, 0.717) is 23.0 Å². The van der Waals surface area contributed by atoms with Crippen molar-refractivity contribution >= 4 is 44.8 Å². The summed E-state index contributed by atoms with van der Waals surface area (Å²) in [5.74, 6) is 0.0422. The lowest BCUT2D eigenvalue weighted by molar-refractivity contribution is 0.553. The number of nitrogens with zero attached hydrogens (tertiary/aromatic N) is 1. The predicted octanol–water partition coefficient (Wildman–Crippen LogP) is 4.77. The fourth-order valence-electron chi connectivity index (χ4n) is 3.36. The monoisotopic (exact) mass is 411 g/mol. The highest BCUT2D eigenvalue weighted by atomic mass is 35.5. The van der Waals surface area contributed by atoms with E-state index in [0.717, 1.165) is 35.0 Å². The van der Waals surface area contributed by atoms with Crippen molar-refractivity contribution < 1.29 is 4.39 Å². The number of H-pyrrole nitrogens is 1. The molecule has 4 nitrogen and oxygen atoms in total. The molecule has 26 heavy (non-hydrogen) atoms. The van der Waals surface area contributed by atoms with Gasteiger partial charge in [-0.3, -0.25) is 4.79 Å². The number of aromatic nitrogens is 2. The molecule has 0 amide bonds. The molecular weight excluding hydrogens is 396 g/mol. The molecule has 0 spiro atoms. The molecule has 136 valence electrons. The average Bonchev–Trinajstić information content (AvgIpc) is 3.16. The largest absolute Gasteiger partial charge is 0.309 e. The Morgan fingerprint density at radius 2 is 2.15 bits per heavy atom. The van der Waals surface area contributed by atoms with Crippen LogP contribution in [-0.2, 0) is 19.4 Å². The lowest BCUT2D eigenvalue weighted by Gasteiger charge is -2.16. The topological polar surface area (TPSA) is 57.8 Å². The number of thiophene rings is 1. The number of aromatic amines is 1. The van der Waals surface area contributed by atoms with Crippen LogP contribution in [0.3, 0.4) is 0 Å². The normalized spacial score (nSPS) is 14.8. The molecule has 0 bridgehead atoms. The Balaban J connectivity index is 1.56. The highest BCUT2D eigenvalue weighted by Crippen LogP contribution is 2.34. The second-order valence-electron chi connectivity index (χ2n) is 6.44. The van der Waals surface area contributed by atoms with Crippen molar-refractivity contribution in [1.29, 1.82) is 0 Å². The minimum absolute atomic E-state index is 0.00635. The first-order valence-electron chi connectivity index (χ1n) is 8.35. The zero-order valence-corrected chi connectivity index (χ0v) is 16.3. The van der Waals surface area contributed by atoms with E-state index in [9.17, 15) is 9.18 Å². The molecule has 2 N–H and O–H groups in total. The Hall–Kier alpha value is -1.47. The van der Waals surface area contributed by atoms with Crippen LogP contribution >= 0.6 is 34.5 Å². The Morgan fingerprint density at radius 1 is 1.35 bits per heavy atom. The molecule has 8 heteroatoms. The van der Waals surface area contributed by atoms with Crippen LogP contribution in [0.1, 0.15) is 41.2 Å². The molecule has 0 saturated carbocycles. The molecule has 0 aliphatic heterocycles. The van der Waals surface area contributed by atoms with Gasteiger partial charge in [-0.1, -0.05) is 23.2 Å². The van der Waals surface area contributed by atoms with E-state index in [1.165, 1.54) is 17.0 Å². The van der Waals surface area contributed by atoms with Crippen molar-refractivity contribution in [3.05, 3.63) is 60.2 Å². The molecular formula is C18H16Cl2FN3OS. The SMILES string of the molecule is C[C@H](NCc1nc2sc3c(c2c(=O)[nH]1)CCC3)c1cc(F)c(Cl)cc1Cl. The second kappa shape index (κ2) is 6.93. The fraction of sp³-hybridized carbons (Fsp3) is 0.333. The van der Waals surface area contributed by atoms with Crippen molar-refractivity contribution in [3.63, 3.8) is 0 Å². The zero-order chi connectivity index (χ0) is 18.4. The molecule has 2 heterocycles. The molecule has 0 unspecified atom stereocenters. The third kappa shape index (κ3) is 3.16. The summed E-state index contributed by atoms with van der Waals surface area (Å²) in [6, 6.07) is 2.49. The summed E-state index contributed by atoms with van der Waals surface area (Å²) in [4.78, 5) is 22.0. The van der Waals surface area contributed by atoms with Crippen LogP contribution in [0.25, 0.3) is 10.2 Å². The number of hydrogen-bond acceptors (Lipinski definition) is 4. The van der Waals surface area contributed by atoms with Gasteiger partial charge in [0, 0.05) is 15.9 Å². The van der Waals surface area contributed by atoms with Crippen LogP contribution in [0.4, 0.5) is 4.39 Å². The smallest absolute Gasteiger partial charge is 0.259 e. The number of aryl methyl sites for hydroxylation is 2. The van der Waals surface area contributed by atoms with Gasteiger partial charge in [0.1, 0.15) is 16.5 Å². The Morgan fingerprint density at radius 3 is 2.96 bits per heavy atom. The minimum atomic E-state index is -0.513. The van der Waals surface area contributed by atoms with Gasteiger partial charge in [0.15, 0.2) is 0 Å². The van der Waals surface area contributed by atoms with Gasteiger partial charge < -0.3 is 10.3 Å². The number of rotatable bonds is 4. The van der Waals surface area contributed by atoms with E-state index in [4.69, 9.17) is 23.2 Å². The lowest BCUT2D eigenvalue weighted by atomic mass is 10.1. The van der Waals surface area contributed by atoms with Crippen LogP contribution in [0.15, 0.2) is 16.9 Å². The quantitative estimate of drug-likeness (QED) is 0.607. The summed E-state index contributed by atoms with van der Waals surface area (Å²) in [6.07, 6.45) is 3.09. The summed E-state index contributed by atoms with van der Waals surface area (Å²) in [7, 11) is 0. The van der Waals surface area contributed by atoms with E-state index in [1.54, 1.807) is 11.3 Å². The summed E-state index contributed by atoms with van der Waals surface area (Å²) in [6.45, 7) is 2.21. The van der Waals surface area contributed by atoms with Gasteiger partial charge in [-0.15, -0.1) is 11.3 Å². The van der Waals surface area contributed by atoms with Crippen LogP contribution < -0.4 is 10.9 Å². The standard InChI is InChI=1S/C18H16Cl2FN3OS/c1-8(10-5-13(21)12(20)6-11(10)19)22-7-15-23-17(25)16-9-3-2-4-14(9)26-18(16)24-15/h5-6,8,22H,2-4,7H2,1H3,(H,23,24,25)/t8-/m0/s1. The zero-order valence-electron chi connectivity index (χ0n) is 14.0. The molecule has 1 aliphatic carbocycles. The Bertz CT molecular complexity index is 1060. The Labute approximate surface area is 163 Å². The van der Waals surface area contributed by atoms with Gasteiger partial charge in [-0.25, -0.2) is 9.37 Å². The summed E-state index contributed by atoms with van der Waals surface area (Å²) in [5, 5.41) is 4.35. The molecule has 0 fully saturated rings. The molecule has 3 aromatic rings. The van der Waals surface area contributed by atoms with Crippen molar-refractivity contribution in [2.75, 3.05) is 0 Å². The van der Waals surface area contributed by atoms with Gasteiger partial charge in [0.2, 0.25) is 0 Å². The van der Waals surface area contributed by atoms with Crippen LogP contribution in [-0.4, -0.2) is 9.97 Å². The average molecular weight is 412 g/mol. The second-order valence-corrected chi connectivity index (χ2v) is 8.34. The van der Waals surface area contributed by atoms with Gasteiger partial charge in [0.05, 0.1) is 17.0 Å². The third-order valence-electron chi connectivity index (χ3n) is 4.71. The van der Waals surface area contributed by atoms with Crippen molar-refractivity contribution in [3.8, 4) is 0 Å². The van der Waals surface area contributed by atoms with E-state index >= 15 is 0 Å². The molecule has 0 saturated heterocycles. The maximum atomic E-state index is 13.7. The molecule has 1 atom stereocenters. The summed E-state index contributed by atoms with van der Waals surface area (Å²) < 4.78 is 13.7. The minimum Gasteiger partial charge on any atom is -0.309 e. The summed E-state index contributed by atoms with van der Waals surface area (Å²) in [5.41, 5.74) is 1.68. The van der Waals surface area contributed by atoms with Crippen molar-refractivity contribution in [2.24, 2.45) is 0 Å². The van der Waals surface area contributed by atoms with Crippen molar-refractivity contribution in [2.45, 2.75) is 38.8 Å². The first kappa shape index (κ1) is 17.9. The Kier molecular flexibility index (Phi) is 4.77. The van der Waals surface area contributed by atoms with Gasteiger partial charge >= 0.3 is 0 Å². The van der Waals surface area contributed by atoms with E-state index < -0.39 is 5.82 Å². The predicted molar refractivity (Wildman–Crippen MR) is 104 cm³/mol. The number of nitrogens with one attached hydrogen (secondary N) is 2. The van der Waals surface area contributed by atoms with Crippen molar-refractivity contribution in [1.82, 2.24) is 15.3 Å². The van der Waals surface area contributed by atoms with Gasteiger partial charge in [0.25, 0.3) is 5.56 Å². The van der Waals surface area contributed by atoms with Crippen LogP contribution in [0.5, 0.6) is 0 Å². The highest BCUT2D eigenvalue weighted by Gasteiger charge is 2.21. The number of fused-ring (bicyclic) bond motifs is 3. The van der Waals surface area contributed by atoms with Gasteiger partial charge in [-0.2, -0.15) is 0 Å². The maximum Gasteiger partial charge on any atom is 0.259 e. The maximum absolute atomic E-state index is 13.7. The number of hydrogen-bond donors (Lipinski definition) is 2. The molecule has 0 radical (unpaired) electrons. The first-order valence-corrected chi connectivity index (χ1v) is 9.92. The molecule has 2 aromatic heterocycles. The molecule has 4 rings (SSSR count). The van der Waals surface area contributed by atoms with Gasteiger partial charge in [-0.05, 0) is 49.4 Å². The third-order valence-corrected chi connectivity index (χ3v) is 6.51. The first-order chi connectivity index (χ1) is 12.4. The fourth-order valence-corrected chi connectivity index (χ4v) is 5.19. The number of benzene rings is 1. The van der Waals surface area contributed by atoms with E-state index in [-0.39, 0.29) is 16.6 Å². The lowest BCUT2D eigenvalue weighted by Crippen LogP contribution is -2.22. The number of halogens is 3.